The summed E-state index contributed by atoms with van der Waals surface area (Å²) >= 11 is 0. The molecule has 1 aromatic carbocycles. The van der Waals surface area contributed by atoms with Crippen LogP contribution in [0.3, 0.4) is 0 Å². The molecule has 7 nitrogen and oxygen atoms in total. The van der Waals surface area contributed by atoms with Crippen molar-refractivity contribution in [1.29, 1.82) is 0 Å². The van der Waals surface area contributed by atoms with Gasteiger partial charge in [0, 0.05) is 70.1 Å². The second kappa shape index (κ2) is 9.38. The third-order valence-corrected chi connectivity index (χ3v) is 5.74. The highest BCUT2D eigenvalue weighted by Crippen LogP contribution is 2.20. The fourth-order valence-electron chi connectivity index (χ4n) is 3.78. The van der Waals surface area contributed by atoms with Crippen LogP contribution in [0.4, 0.5) is 20.4 Å². The molecule has 2 aliphatic heterocycles. The standard InChI is InChI=1S/C22H26F2N6O/c1-27-6-8-28(9-7-27)20-15-21(26-16-25-20)29-10-12-30(13-11-29)22(31)5-2-17-14-18(23)3-4-19(17)24/h2-5,14-16H,6-13H2,1H3/b5-2+. The molecule has 2 aromatic rings. The van der Waals surface area contributed by atoms with E-state index in [0.29, 0.717) is 26.2 Å². The predicted octanol–water partition coefficient (Wildman–Crippen LogP) is 1.87. The van der Waals surface area contributed by atoms with Crippen molar-refractivity contribution < 1.29 is 13.6 Å². The van der Waals surface area contributed by atoms with Gasteiger partial charge in [-0.25, -0.2) is 18.7 Å². The number of nitrogens with zero attached hydrogens (tertiary/aromatic N) is 6. The first-order valence-corrected chi connectivity index (χ1v) is 10.4. The van der Waals surface area contributed by atoms with Gasteiger partial charge in [0.15, 0.2) is 0 Å². The van der Waals surface area contributed by atoms with E-state index >= 15 is 0 Å². The van der Waals surface area contributed by atoms with E-state index in [9.17, 15) is 13.6 Å². The molecule has 0 radical (unpaired) electrons. The Kier molecular flexibility index (Phi) is 6.41. The number of hydrogen-bond acceptors (Lipinski definition) is 6. The Hall–Kier alpha value is -3.07. The van der Waals surface area contributed by atoms with Crippen LogP contribution in [0.15, 0.2) is 36.7 Å². The summed E-state index contributed by atoms with van der Waals surface area (Å²) < 4.78 is 27.0. The SMILES string of the molecule is CN1CCN(c2cc(N3CCN(C(=O)/C=C/c4cc(F)ccc4F)CC3)ncn2)CC1. The van der Waals surface area contributed by atoms with E-state index in [2.05, 4.69) is 31.7 Å². The minimum absolute atomic E-state index is 0.0596. The van der Waals surface area contributed by atoms with Crippen molar-refractivity contribution >= 4 is 23.6 Å². The van der Waals surface area contributed by atoms with Gasteiger partial charge in [-0.15, -0.1) is 0 Å². The van der Waals surface area contributed by atoms with E-state index in [1.165, 1.54) is 12.2 Å². The Morgan fingerprint density at radius 1 is 0.903 bits per heavy atom. The number of piperazine rings is 2. The maximum Gasteiger partial charge on any atom is 0.246 e. The highest BCUT2D eigenvalue weighted by atomic mass is 19.1. The molecule has 164 valence electrons. The molecule has 1 aromatic heterocycles. The lowest BCUT2D eigenvalue weighted by Gasteiger charge is -2.36. The number of benzene rings is 1. The van der Waals surface area contributed by atoms with Gasteiger partial charge in [0.2, 0.25) is 5.91 Å². The predicted molar refractivity (Wildman–Crippen MR) is 116 cm³/mol. The number of anilines is 2. The molecule has 1 amide bonds. The molecule has 0 bridgehead atoms. The number of amides is 1. The van der Waals surface area contributed by atoms with E-state index < -0.39 is 11.6 Å². The van der Waals surface area contributed by atoms with Gasteiger partial charge in [-0.05, 0) is 31.3 Å². The van der Waals surface area contributed by atoms with Crippen LogP contribution in [0, 0.1) is 11.6 Å². The van der Waals surface area contributed by atoms with Crippen LogP contribution >= 0.6 is 0 Å². The summed E-state index contributed by atoms with van der Waals surface area (Å²) in [5.74, 6) is 0.465. The van der Waals surface area contributed by atoms with E-state index in [1.54, 1.807) is 11.2 Å². The molecule has 2 saturated heterocycles. The summed E-state index contributed by atoms with van der Waals surface area (Å²) in [5, 5.41) is 0. The lowest BCUT2D eigenvalue weighted by molar-refractivity contribution is -0.126. The zero-order chi connectivity index (χ0) is 21.8. The minimum Gasteiger partial charge on any atom is -0.354 e. The first kappa shape index (κ1) is 21.2. The van der Waals surface area contributed by atoms with Gasteiger partial charge in [-0.3, -0.25) is 4.79 Å². The highest BCUT2D eigenvalue weighted by Gasteiger charge is 2.22. The Bertz CT molecular complexity index is 953. The molecule has 31 heavy (non-hydrogen) atoms. The fourth-order valence-corrected chi connectivity index (χ4v) is 3.78. The summed E-state index contributed by atoms with van der Waals surface area (Å²) in [7, 11) is 2.12. The lowest BCUT2D eigenvalue weighted by atomic mass is 10.2. The summed E-state index contributed by atoms with van der Waals surface area (Å²) in [6, 6.07) is 5.19. The van der Waals surface area contributed by atoms with Crippen LogP contribution in [0.1, 0.15) is 5.56 Å². The number of carbonyl (C=O) groups is 1. The zero-order valence-electron chi connectivity index (χ0n) is 17.5. The summed E-state index contributed by atoms with van der Waals surface area (Å²) in [5.41, 5.74) is 0.0596. The molecule has 0 atom stereocenters. The second-order valence-corrected chi connectivity index (χ2v) is 7.84. The van der Waals surface area contributed by atoms with Gasteiger partial charge >= 0.3 is 0 Å². The summed E-state index contributed by atoms with van der Waals surface area (Å²) in [6.07, 6.45) is 4.21. The van der Waals surface area contributed by atoms with Gasteiger partial charge in [0.25, 0.3) is 0 Å². The lowest BCUT2D eigenvalue weighted by Crippen LogP contribution is -2.48. The highest BCUT2D eigenvalue weighted by molar-refractivity contribution is 5.92. The first-order chi connectivity index (χ1) is 15.0. The van der Waals surface area contributed by atoms with Crippen LogP contribution in [-0.2, 0) is 4.79 Å². The van der Waals surface area contributed by atoms with E-state index in [0.717, 1.165) is 56.0 Å². The number of rotatable bonds is 4. The summed E-state index contributed by atoms with van der Waals surface area (Å²) in [4.78, 5) is 29.7. The smallest absolute Gasteiger partial charge is 0.246 e. The molecule has 9 heteroatoms. The molecular formula is C22H26F2N6O. The molecule has 2 aliphatic rings. The maximum absolute atomic E-state index is 13.7. The van der Waals surface area contributed by atoms with Gasteiger partial charge in [0.1, 0.15) is 29.6 Å². The number of hydrogen-bond donors (Lipinski definition) is 0. The number of likely N-dealkylation sites (N-methyl/N-ethyl adjacent to an activating group) is 1. The number of carbonyl (C=O) groups excluding carboxylic acids is 1. The topological polar surface area (TPSA) is 55.8 Å². The largest absolute Gasteiger partial charge is 0.354 e. The Morgan fingerprint density at radius 2 is 1.52 bits per heavy atom. The second-order valence-electron chi connectivity index (χ2n) is 7.84. The molecule has 0 N–H and O–H groups in total. The monoisotopic (exact) mass is 428 g/mol. The normalized spacial score (nSPS) is 18.1. The van der Waals surface area contributed by atoms with Gasteiger partial charge in [-0.2, -0.15) is 0 Å². The maximum atomic E-state index is 13.7. The zero-order valence-corrected chi connectivity index (χ0v) is 17.5. The molecular weight excluding hydrogens is 402 g/mol. The van der Waals surface area contributed by atoms with E-state index in [1.807, 2.05) is 6.07 Å². The van der Waals surface area contributed by atoms with Crippen LogP contribution < -0.4 is 9.80 Å². The van der Waals surface area contributed by atoms with E-state index in [-0.39, 0.29) is 11.5 Å². The first-order valence-electron chi connectivity index (χ1n) is 10.4. The number of aromatic nitrogens is 2. The van der Waals surface area contributed by atoms with Crippen LogP contribution in [0.2, 0.25) is 0 Å². The van der Waals surface area contributed by atoms with Crippen molar-refractivity contribution in [3.8, 4) is 0 Å². The molecule has 4 rings (SSSR count). The quantitative estimate of drug-likeness (QED) is 0.693. The Balaban J connectivity index is 1.34. The third-order valence-electron chi connectivity index (χ3n) is 5.74. The van der Waals surface area contributed by atoms with Crippen molar-refractivity contribution in [1.82, 2.24) is 19.8 Å². The van der Waals surface area contributed by atoms with Crippen molar-refractivity contribution in [3.05, 3.63) is 53.9 Å². The van der Waals surface area contributed by atoms with E-state index in [4.69, 9.17) is 0 Å². The van der Waals surface area contributed by atoms with Crippen molar-refractivity contribution in [2.45, 2.75) is 0 Å². The molecule has 2 fully saturated rings. The average Bonchev–Trinajstić information content (AvgIpc) is 2.80. The molecule has 3 heterocycles. The minimum atomic E-state index is -0.560. The fraction of sp³-hybridized carbons (Fsp3) is 0.409. The van der Waals surface area contributed by atoms with Crippen LogP contribution in [0.25, 0.3) is 6.08 Å². The number of halogens is 2. The van der Waals surface area contributed by atoms with Crippen molar-refractivity contribution in [2.24, 2.45) is 0 Å². The van der Waals surface area contributed by atoms with Gasteiger partial charge in [-0.1, -0.05) is 0 Å². The summed E-state index contributed by atoms with van der Waals surface area (Å²) in [6.45, 7) is 6.24. The molecule has 0 aliphatic carbocycles. The van der Waals surface area contributed by atoms with Gasteiger partial charge < -0.3 is 19.6 Å². The Morgan fingerprint density at radius 3 is 2.16 bits per heavy atom. The molecule has 0 spiro atoms. The average molecular weight is 428 g/mol. The molecule has 0 saturated carbocycles. The Labute approximate surface area is 180 Å². The molecule has 0 unspecified atom stereocenters. The van der Waals surface area contributed by atoms with Crippen molar-refractivity contribution in [2.75, 3.05) is 69.2 Å². The van der Waals surface area contributed by atoms with Crippen molar-refractivity contribution in [3.63, 3.8) is 0 Å². The van der Waals surface area contributed by atoms with Gasteiger partial charge in [0.05, 0.1) is 0 Å². The third kappa shape index (κ3) is 5.16. The van der Waals surface area contributed by atoms with Crippen LogP contribution in [-0.4, -0.2) is 85.1 Å². The van der Waals surface area contributed by atoms with Crippen LogP contribution in [0.5, 0.6) is 0 Å².